The van der Waals surface area contributed by atoms with Crippen LogP contribution in [0.2, 0.25) is 0 Å². The van der Waals surface area contributed by atoms with Gasteiger partial charge in [0.15, 0.2) is 0 Å². The molecule has 0 bridgehead atoms. The molecule has 12 heteroatoms. The fourth-order valence-corrected chi connectivity index (χ4v) is 5.83. The monoisotopic (exact) mass is 471 g/mol. The Balaban J connectivity index is 1.37. The Hall–Kier alpha value is -2.15. The van der Waals surface area contributed by atoms with Crippen LogP contribution in [0.1, 0.15) is 23.6 Å². The first kappa shape index (κ1) is 23.5. The van der Waals surface area contributed by atoms with Crippen LogP contribution in [-0.2, 0) is 9.68 Å². The molecule has 1 aromatic heterocycles. The van der Waals surface area contributed by atoms with E-state index in [1.54, 1.807) is 0 Å². The zero-order valence-corrected chi connectivity index (χ0v) is 18.5. The number of piperidine rings is 1. The highest BCUT2D eigenvalue weighted by Gasteiger charge is 2.24. The quantitative estimate of drug-likeness (QED) is 0.367. The summed E-state index contributed by atoms with van der Waals surface area (Å²) in [6.45, 7) is 1.81. The van der Waals surface area contributed by atoms with E-state index >= 15 is 0 Å². The summed E-state index contributed by atoms with van der Waals surface area (Å²) in [5.41, 5.74) is 0. The van der Waals surface area contributed by atoms with E-state index < -0.39 is 29.0 Å². The third-order valence-corrected chi connectivity index (χ3v) is 7.62. The van der Waals surface area contributed by atoms with Crippen LogP contribution in [0.4, 0.5) is 0 Å². The zero-order chi connectivity index (χ0) is 22.2. The number of benzene rings is 1. The van der Waals surface area contributed by atoms with Gasteiger partial charge in [-0.25, -0.2) is 0 Å². The summed E-state index contributed by atoms with van der Waals surface area (Å²) in [6.07, 6.45) is 0.432. The molecule has 0 radical (unpaired) electrons. The number of hydrogen-bond acceptors (Lipinski definition) is 10. The molecule has 1 fully saturated rings. The van der Waals surface area contributed by atoms with Gasteiger partial charge in [-0.2, -0.15) is 11.8 Å². The number of hydrogen-bond donors (Lipinski definition) is 1. The van der Waals surface area contributed by atoms with Crippen molar-refractivity contribution in [2.45, 2.75) is 31.0 Å². The van der Waals surface area contributed by atoms with Gasteiger partial charge >= 0.3 is 0 Å². The molecular weight excluding hydrogens is 446 g/mol. The van der Waals surface area contributed by atoms with Gasteiger partial charge in [0.2, 0.25) is 0 Å². The molecule has 0 saturated carbocycles. The Morgan fingerprint density at radius 1 is 1.19 bits per heavy atom. The highest BCUT2D eigenvalue weighted by atomic mass is 32.2. The molecule has 10 nitrogen and oxygen atoms in total. The van der Waals surface area contributed by atoms with Crippen LogP contribution in [0, 0.1) is 20.2 Å². The molecular formula is C19H25N3O7S2. The summed E-state index contributed by atoms with van der Waals surface area (Å²) < 4.78 is 1.32. The highest BCUT2D eigenvalue weighted by Crippen LogP contribution is 2.36. The molecule has 0 aliphatic carbocycles. The molecule has 170 valence electrons. The molecule has 2 aromatic rings. The second-order valence-corrected chi connectivity index (χ2v) is 9.61. The van der Waals surface area contributed by atoms with Crippen molar-refractivity contribution >= 4 is 33.2 Å². The average Bonchev–Trinajstić information content (AvgIpc) is 3.16. The molecule has 0 amide bonds. The SMILES string of the molecule is O=[N+]([O-])OCC(CSC[C@@H](O)CN1CCC(c2cc3ccccc3s2)CC1)O[N+](=O)[O-]. The Morgan fingerprint density at radius 3 is 2.61 bits per heavy atom. The second-order valence-electron chi connectivity index (χ2n) is 7.42. The first-order valence-electron chi connectivity index (χ1n) is 9.96. The van der Waals surface area contributed by atoms with Crippen LogP contribution in [0.5, 0.6) is 0 Å². The van der Waals surface area contributed by atoms with Crippen LogP contribution in [0.25, 0.3) is 10.1 Å². The number of β-amino-alcohol motifs (C(OH)–C–C–N with tert-alkyl or cyclic N) is 1. The molecule has 3 rings (SSSR count). The molecule has 1 N–H and O–H groups in total. The van der Waals surface area contributed by atoms with Crippen molar-refractivity contribution in [1.29, 1.82) is 0 Å². The van der Waals surface area contributed by atoms with Gasteiger partial charge in [-0.3, -0.25) is 0 Å². The Morgan fingerprint density at radius 2 is 1.94 bits per heavy atom. The lowest BCUT2D eigenvalue weighted by molar-refractivity contribution is -0.788. The summed E-state index contributed by atoms with van der Waals surface area (Å²) >= 11 is 3.10. The fraction of sp³-hybridized carbons (Fsp3) is 0.579. The summed E-state index contributed by atoms with van der Waals surface area (Å²) in [4.78, 5) is 32.9. The van der Waals surface area contributed by atoms with Gasteiger partial charge in [-0.05, 0) is 49.4 Å². The van der Waals surface area contributed by atoms with Gasteiger partial charge in [-0.1, -0.05) is 18.2 Å². The summed E-state index contributed by atoms with van der Waals surface area (Å²) in [6, 6.07) is 10.7. The molecule has 2 atom stereocenters. The number of thiophene rings is 1. The van der Waals surface area contributed by atoms with Gasteiger partial charge in [0.25, 0.3) is 10.2 Å². The van der Waals surface area contributed by atoms with Crippen molar-refractivity contribution in [3.8, 4) is 0 Å². The molecule has 2 heterocycles. The largest absolute Gasteiger partial charge is 0.391 e. The maximum Gasteiger partial charge on any atom is 0.294 e. The van der Waals surface area contributed by atoms with Gasteiger partial charge in [0.1, 0.15) is 12.7 Å². The van der Waals surface area contributed by atoms with E-state index in [1.165, 1.54) is 26.7 Å². The minimum Gasteiger partial charge on any atom is -0.391 e. The van der Waals surface area contributed by atoms with Crippen molar-refractivity contribution < 1.29 is 25.0 Å². The third-order valence-electron chi connectivity index (χ3n) is 5.12. The van der Waals surface area contributed by atoms with Crippen molar-refractivity contribution in [2.24, 2.45) is 0 Å². The number of rotatable bonds is 12. The maximum atomic E-state index is 10.5. The number of nitrogens with zero attached hydrogens (tertiary/aromatic N) is 3. The van der Waals surface area contributed by atoms with Crippen LogP contribution in [0.3, 0.4) is 0 Å². The lowest BCUT2D eigenvalue weighted by Gasteiger charge is -2.32. The molecule has 0 spiro atoms. The minimum absolute atomic E-state index is 0.111. The average molecular weight is 472 g/mol. The van der Waals surface area contributed by atoms with Crippen molar-refractivity contribution in [3.05, 3.63) is 55.4 Å². The lowest BCUT2D eigenvalue weighted by Crippen LogP contribution is -2.39. The zero-order valence-electron chi connectivity index (χ0n) is 16.8. The van der Waals surface area contributed by atoms with Gasteiger partial charge in [-0.15, -0.1) is 31.6 Å². The second kappa shape index (κ2) is 11.5. The van der Waals surface area contributed by atoms with Gasteiger partial charge in [0, 0.05) is 27.6 Å². The Labute approximate surface area is 187 Å². The van der Waals surface area contributed by atoms with Crippen molar-refractivity contribution in [2.75, 3.05) is 37.7 Å². The molecule has 31 heavy (non-hydrogen) atoms. The lowest BCUT2D eigenvalue weighted by atomic mass is 9.95. The Bertz CT molecular complexity index is 840. The molecule has 1 aliphatic rings. The first-order valence-corrected chi connectivity index (χ1v) is 11.9. The summed E-state index contributed by atoms with van der Waals surface area (Å²) in [7, 11) is 0. The smallest absolute Gasteiger partial charge is 0.294 e. The molecule has 1 aliphatic heterocycles. The number of aliphatic hydroxyl groups is 1. The summed E-state index contributed by atoms with van der Waals surface area (Å²) in [5, 5.41) is 30.3. The number of likely N-dealkylation sites (tertiary alicyclic amines) is 1. The number of fused-ring (bicyclic) bond motifs is 1. The highest BCUT2D eigenvalue weighted by molar-refractivity contribution is 7.99. The van der Waals surface area contributed by atoms with E-state index in [9.17, 15) is 25.3 Å². The molecule has 1 aromatic carbocycles. The van der Waals surface area contributed by atoms with Crippen molar-refractivity contribution in [1.82, 2.24) is 4.90 Å². The summed E-state index contributed by atoms with van der Waals surface area (Å²) in [5.74, 6) is 1.01. The predicted octanol–water partition coefficient (Wildman–Crippen LogP) is 2.96. The van der Waals surface area contributed by atoms with Crippen LogP contribution in [-0.4, -0.2) is 70.1 Å². The molecule has 1 saturated heterocycles. The number of aliphatic hydroxyl groups excluding tert-OH is 1. The normalized spacial score (nSPS) is 17.3. The minimum atomic E-state index is -1.06. The van der Waals surface area contributed by atoms with Gasteiger partial charge in [0.05, 0.1) is 6.10 Å². The van der Waals surface area contributed by atoms with E-state index in [-0.39, 0.29) is 5.75 Å². The van der Waals surface area contributed by atoms with E-state index in [4.69, 9.17) is 0 Å². The van der Waals surface area contributed by atoms with E-state index in [2.05, 4.69) is 44.9 Å². The van der Waals surface area contributed by atoms with Gasteiger partial charge < -0.3 is 19.7 Å². The van der Waals surface area contributed by atoms with Crippen LogP contribution >= 0.6 is 23.1 Å². The van der Waals surface area contributed by atoms with E-state index in [0.29, 0.717) is 18.2 Å². The standard InChI is InChI=1S/C19H25N3O7S2/c23-16(12-30-13-17(29-22(26)27)11-28-21(24)25)10-20-7-5-14(6-8-20)19-9-15-3-1-2-4-18(15)31-19/h1-4,9,14,16-17,23H,5-8,10-13H2/t16-,17?/m0/s1. The van der Waals surface area contributed by atoms with E-state index in [1.807, 2.05) is 11.3 Å². The predicted molar refractivity (Wildman–Crippen MR) is 118 cm³/mol. The van der Waals surface area contributed by atoms with Crippen LogP contribution < -0.4 is 0 Å². The first-order chi connectivity index (χ1) is 14.9. The van der Waals surface area contributed by atoms with Crippen LogP contribution in [0.15, 0.2) is 30.3 Å². The third kappa shape index (κ3) is 7.49. The topological polar surface area (TPSA) is 128 Å². The van der Waals surface area contributed by atoms with E-state index in [0.717, 1.165) is 25.9 Å². The maximum absolute atomic E-state index is 10.5. The van der Waals surface area contributed by atoms with Crippen molar-refractivity contribution in [3.63, 3.8) is 0 Å². The molecule has 1 unspecified atom stereocenters. The fourth-order valence-electron chi connectivity index (χ4n) is 3.66. The number of thioether (sulfide) groups is 1. The Kier molecular flexibility index (Phi) is 8.69.